The summed E-state index contributed by atoms with van der Waals surface area (Å²) in [5, 5.41) is 1.07. The van der Waals surface area contributed by atoms with Gasteiger partial charge < -0.3 is 18.9 Å². The van der Waals surface area contributed by atoms with Crippen molar-refractivity contribution in [3.8, 4) is 17.0 Å². The number of aromatic nitrogens is 1. The van der Waals surface area contributed by atoms with E-state index in [0.717, 1.165) is 65.6 Å². The van der Waals surface area contributed by atoms with Crippen LogP contribution < -0.4 is 9.46 Å². The van der Waals surface area contributed by atoms with E-state index in [-0.39, 0.29) is 42.6 Å². The van der Waals surface area contributed by atoms with Crippen molar-refractivity contribution >= 4 is 32.9 Å². The highest BCUT2D eigenvalue weighted by Gasteiger charge is 2.64. The molecule has 2 unspecified atom stereocenters. The molecule has 1 N–H and O–H groups in total. The Morgan fingerprint density at radius 1 is 0.980 bits per heavy atom. The fraction of sp³-hybridized carbons (Fsp3) is 0.579. The molecule has 5 aliphatic rings. The number of methoxy groups -OCH3 is 1. The molecule has 2 aliphatic carbocycles. The van der Waals surface area contributed by atoms with E-state index < -0.39 is 21.5 Å². The van der Waals surface area contributed by atoms with Crippen molar-refractivity contribution in [3.63, 3.8) is 0 Å². The molecule has 0 bridgehead atoms. The third kappa shape index (κ3) is 5.54. The van der Waals surface area contributed by atoms with Gasteiger partial charge in [0.2, 0.25) is 5.91 Å². The predicted molar refractivity (Wildman–Crippen MR) is 192 cm³/mol. The van der Waals surface area contributed by atoms with Crippen molar-refractivity contribution in [2.45, 2.75) is 82.8 Å². The number of benzene rings is 2. The third-order valence-corrected chi connectivity index (χ3v) is 13.9. The zero-order valence-electron chi connectivity index (χ0n) is 29.6. The van der Waals surface area contributed by atoms with Gasteiger partial charge >= 0.3 is 10.2 Å². The van der Waals surface area contributed by atoms with Crippen molar-refractivity contribution < 1.29 is 27.5 Å². The fourth-order valence-electron chi connectivity index (χ4n) is 9.33. The minimum absolute atomic E-state index is 0.0460. The van der Waals surface area contributed by atoms with E-state index in [0.29, 0.717) is 38.8 Å². The molecule has 12 heteroatoms. The maximum atomic E-state index is 14.9. The molecule has 50 heavy (non-hydrogen) atoms. The van der Waals surface area contributed by atoms with Crippen LogP contribution >= 0.6 is 0 Å². The Bertz CT molecular complexity index is 1940. The molecule has 1 aromatic heterocycles. The molecule has 3 aliphatic heterocycles. The highest BCUT2D eigenvalue weighted by molar-refractivity contribution is 7.87. The first kappa shape index (κ1) is 33.7. The summed E-state index contributed by atoms with van der Waals surface area (Å²) in [6.07, 6.45) is 6.47. The number of morpholine rings is 1. The van der Waals surface area contributed by atoms with Crippen LogP contribution in [-0.4, -0.2) is 105 Å². The van der Waals surface area contributed by atoms with E-state index in [4.69, 9.17) is 9.47 Å². The van der Waals surface area contributed by atoms with Gasteiger partial charge in [0.05, 0.1) is 31.4 Å². The molecule has 2 saturated carbocycles. The molecule has 2 aromatic carbocycles. The van der Waals surface area contributed by atoms with Gasteiger partial charge in [-0.3, -0.25) is 14.5 Å². The number of rotatable bonds is 6. The highest BCUT2D eigenvalue weighted by Crippen LogP contribution is 2.66. The summed E-state index contributed by atoms with van der Waals surface area (Å²) in [4.78, 5) is 33.0. The number of amides is 2. The Morgan fingerprint density at radius 2 is 1.70 bits per heavy atom. The van der Waals surface area contributed by atoms with Crippen LogP contribution in [0.1, 0.15) is 85.7 Å². The van der Waals surface area contributed by atoms with Crippen LogP contribution in [0, 0.1) is 5.41 Å². The Balaban J connectivity index is 1.27. The molecule has 268 valence electrons. The smallest absolute Gasteiger partial charge is 0.304 e. The summed E-state index contributed by atoms with van der Waals surface area (Å²) in [5.74, 6) is 0.705. The largest absolute Gasteiger partial charge is 0.497 e. The lowest BCUT2D eigenvalue weighted by Crippen LogP contribution is -2.58. The van der Waals surface area contributed by atoms with Crippen LogP contribution in [0.5, 0.6) is 5.75 Å². The van der Waals surface area contributed by atoms with Gasteiger partial charge in [-0.1, -0.05) is 25.3 Å². The molecule has 4 fully saturated rings. The number of carbonyl (C=O) groups is 2. The summed E-state index contributed by atoms with van der Waals surface area (Å²) in [5.41, 5.74) is 5.21. The van der Waals surface area contributed by atoms with Gasteiger partial charge in [-0.15, -0.1) is 0 Å². The molecule has 4 heterocycles. The van der Waals surface area contributed by atoms with Crippen molar-refractivity contribution in [1.29, 1.82) is 0 Å². The number of nitrogens with one attached hydrogen (secondary N) is 1. The monoisotopic (exact) mass is 703 g/mol. The van der Waals surface area contributed by atoms with Crippen molar-refractivity contribution in [1.82, 2.24) is 23.4 Å². The first-order valence-corrected chi connectivity index (χ1v) is 19.7. The van der Waals surface area contributed by atoms with Crippen LogP contribution in [0.3, 0.4) is 0 Å². The summed E-state index contributed by atoms with van der Waals surface area (Å²) in [6, 6.07) is 12.4. The number of hydrogen-bond donors (Lipinski definition) is 1. The van der Waals surface area contributed by atoms with E-state index >= 15 is 0 Å². The van der Waals surface area contributed by atoms with Gasteiger partial charge in [-0.05, 0) is 87.5 Å². The SMILES string of the molecule is COc1ccc2c(c1)C1CC1(C(=O)N1C[C@@H](C)N(C)[C@@H](C)C1)Cn1c-2c(C2CCCCC2)c2ccc(C(=O)NS(=O)(=O)N3CCOCC3)cc21. The topological polar surface area (TPSA) is 113 Å². The van der Waals surface area contributed by atoms with E-state index in [2.05, 4.69) is 52.1 Å². The van der Waals surface area contributed by atoms with Gasteiger partial charge in [0.15, 0.2) is 0 Å². The average molecular weight is 704 g/mol. The Kier molecular flexibility index (Phi) is 8.52. The molecular formula is C38H49N5O6S. The number of likely N-dealkylation sites (N-methyl/N-ethyl adjacent to an activating group) is 1. The normalized spacial score (nSPS) is 27.6. The van der Waals surface area contributed by atoms with Crippen LogP contribution in [-0.2, 0) is 26.3 Å². The van der Waals surface area contributed by atoms with E-state index in [1.807, 2.05) is 18.2 Å². The Morgan fingerprint density at radius 3 is 2.40 bits per heavy atom. The first-order valence-electron chi connectivity index (χ1n) is 18.3. The predicted octanol–water partition coefficient (Wildman–Crippen LogP) is 4.71. The van der Waals surface area contributed by atoms with Gasteiger partial charge in [0, 0.05) is 72.8 Å². The van der Waals surface area contributed by atoms with E-state index in [1.54, 1.807) is 13.2 Å². The van der Waals surface area contributed by atoms with Gasteiger partial charge in [-0.25, -0.2) is 4.72 Å². The second kappa shape index (κ2) is 12.6. The molecule has 4 atom stereocenters. The summed E-state index contributed by atoms with van der Waals surface area (Å²) >= 11 is 0. The number of carbonyl (C=O) groups excluding carboxylic acids is 2. The molecule has 2 saturated heterocycles. The van der Waals surface area contributed by atoms with Crippen LogP contribution in [0.4, 0.5) is 0 Å². The van der Waals surface area contributed by atoms with Crippen LogP contribution in [0.15, 0.2) is 36.4 Å². The summed E-state index contributed by atoms with van der Waals surface area (Å²) in [6.45, 7) is 7.23. The van der Waals surface area contributed by atoms with Gasteiger partial charge in [-0.2, -0.15) is 12.7 Å². The Labute approximate surface area is 295 Å². The lowest BCUT2D eigenvalue weighted by atomic mass is 9.81. The third-order valence-electron chi connectivity index (χ3n) is 12.4. The molecule has 0 radical (unpaired) electrons. The zero-order chi connectivity index (χ0) is 34.9. The fourth-order valence-corrected chi connectivity index (χ4v) is 10.4. The lowest BCUT2D eigenvalue weighted by molar-refractivity contribution is -0.141. The summed E-state index contributed by atoms with van der Waals surface area (Å²) in [7, 11) is -0.212. The van der Waals surface area contributed by atoms with Crippen LogP contribution in [0.2, 0.25) is 0 Å². The highest BCUT2D eigenvalue weighted by atomic mass is 32.2. The molecular weight excluding hydrogens is 655 g/mol. The summed E-state index contributed by atoms with van der Waals surface area (Å²) < 4.78 is 43.3. The van der Waals surface area contributed by atoms with E-state index in [9.17, 15) is 18.0 Å². The molecule has 8 rings (SSSR count). The van der Waals surface area contributed by atoms with Crippen molar-refractivity contribution in [2.75, 3.05) is 53.6 Å². The minimum Gasteiger partial charge on any atom is -0.497 e. The second-order valence-electron chi connectivity index (χ2n) is 15.3. The number of ether oxygens (including phenoxy) is 2. The minimum atomic E-state index is -4.03. The first-order chi connectivity index (χ1) is 24.0. The standard InChI is InChI=1S/C38H49N5O6S/c1-24-21-41(22-25(2)40(24)3)37(45)38-20-32(38)31-19-28(48-4)11-13-29(31)35-34(26-8-6-5-7-9-26)30-12-10-27(18-33(30)43(35)23-38)36(44)39-50(46,47)42-14-16-49-17-15-42/h10-13,18-19,24-26,32H,5-9,14-17,20-23H2,1-4H3,(H,39,44)/t24-,25+,32?,38?. The van der Waals surface area contributed by atoms with E-state index in [1.165, 1.54) is 16.3 Å². The van der Waals surface area contributed by atoms with Gasteiger partial charge in [0.25, 0.3) is 5.91 Å². The van der Waals surface area contributed by atoms with Crippen molar-refractivity contribution in [2.24, 2.45) is 5.41 Å². The molecule has 2 amide bonds. The lowest BCUT2D eigenvalue weighted by Gasteiger charge is -2.43. The average Bonchev–Trinajstić information content (AvgIpc) is 3.80. The van der Waals surface area contributed by atoms with Crippen molar-refractivity contribution in [3.05, 3.63) is 53.1 Å². The quantitative estimate of drug-likeness (QED) is 0.396. The second-order valence-corrected chi connectivity index (χ2v) is 17.0. The van der Waals surface area contributed by atoms with Crippen LogP contribution in [0.25, 0.3) is 22.2 Å². The number of piperazine rings is 1. The zero-order valence-corrected chi connectivity index (χ0v) is 30.4. The maximum absolute atomic E-state index is 14.9. The Hall–Kier alpha value is -3.45. The number of fused-ring (bicyclic) bond motifs is 7. The number of nitrogens with zero attached hydrogens (tertiary/aromatic N) is 4. The molecule has 3 aromatic rings. The maximum Gasteiger partial charge on any atom is 0.304 e. The molecule has 0 spiro atoms. The van der Waals surface area contributed by atoms with Gasteiger partial charge in [0.1, 0.15) is 5.75 Å². The number of hydrogen-bond acceptors (Lipinski definition) is 7. The molecule has 11 nitrogen and oxygen atoms in total.